The minimum Gasteiger partial charge on any atom is -0.435 e. The van der Waals surface area contributed by atoms with E-state index in [4.69, 9.17) is 0 Å². The summed E-state index contributed by atoms with van der Waals surface area (Å²) in [7, 11) is 0. The van der Waals surface area contributed by atoms with Crippen LogP contribution in [0.4, 0.5) is 8.78 Å². The van der Waals surface area contributed by atoms with Crippen molar-refractivity contribution in [3.63, 3.8) is 0 Å². The Kier molecular flexibility index (Phi) is 4.60. The summed E-state index contributed by atoms with van der Waals surface area (Å²) < 4.78 is 29.0. The van der Waals surface area contributed by atoms with Crippen LogP contribution in [0, 0.1) is 5.92 Å². The van der Waals surface area contributed by atoms with Crippen LogP contribution in [-0.2, 0) is 0 Å². The molecule has 2 unspecified atom stereocenters. The van der Waals surface area contributed by atoms with Crippen LogP contribution >= 0.6 is 0 Å². The van der Waals surface area contributed by atoms with E-state index in [2.05, 4.69) is 4.74 Å². The van der Waals surface area contributed by atoms with E-state index in [9.17, 15) is 13.6 Å². The molecular weight excluding hydrogens is 288 g/mol. The van der Waals surface area contributed by atoms with Gasteiger partial charge in [0.05, 0.1) is 0 Å². The van der Waals surface area contributed by atoms with Crippen LogP contribution in [0.25, 0.3) is 0 Å². The largest absolute Gasteiger partial charge is 0.435 e. The highest BCUT2D eigenvalue weighted by molar-refractivity contribution is 5.95. The van der Waals surface area contributed by atoms with Crippen LogP contribution in [0.2, 0.25) is 0 Å². The Morgan fingerprint density at radius 3 is 2.77 bits per heavy atom. The Bertz CT molecular complexity index is 533. The maximum atomic E-state index is 12.8. The molecular formula is C17H21F2NO2. The lowest BCUT2D eigenvalue weighted by molar-refractivity contribution is -0.0499. The summed E-state index contributed by atoms with van der Waals surface area (Å²) in [4.78, 5) is 14.7. The average molecular weight is 309 g/mol. The van der Waals surface area contributed by atoms with Gasteiger partial charge in [-0.05, 0) is 49.8 Å². The summed E-state index contributed by atoms with van der Waals surface area (Å²) in [5, 5.41) is 0. The standard InChI is InChI=1S/C17H21F2NO2/c18-17(19)22-14-8-3-6-13(11-14)16(21)20-10-4-7-12-5-1-2-9-15(12)20/h3,6,8,11-12,15,17H,1-2,4-5,7,9-10H2. The Morgan fingerprint density at radius 1 is 1.18 bits per heavy atom. The quantitative estimate of drug-likeness (QED) is 0.842. The molecule has 1 saturated carbocycles. The smallest absolute Gasteiger partial charge is 0.387 e. The summed E-state index contributed by atoms with van der Waals surface area (Å²) in [5.74, 6) is 0.585. The van der Waals surface area contributed by atoms with Crippen LogP contribution in [0.15, 0.2) is 24.3 Å². The van der Waals surface area contributed by atoms with Crippen molar-refractivity contribution in [2.45, 2.75) is 51.2 Å². The fourth-order valence-electron chi connectivity index (χ4n) is 3.85. The molecule has 120 valence electrons. The number of halogens is 2. The zero-order valence-electron chi connectivity index (χ0n) is 12.5. The van der Waals surface area contributed by atoms with Crippen molar-refractivity contribution in [1.82, 2.24) is 4.90 Å². The second kappa shape index (κ2) is 6.63. The Balaban J connectivity index is 1.77. The number of hydrogen-bond acceptors (Lipinski definition) is 2. The molecule has 0 N–H and O–H groups in total. The van der Waals surface area contributed by atoms with Gasteiger partial charge in [0.15, 0.2) is 0 Å². The molecule has 1 heterocycles. The first kappa shape index (κ1) is 15.3. The molecule has 0 radical (unpaired) electrons. The maximum Gasteiger partial charge on any atom is 0.387 e. The molecule has 2 aliphatic rings. The highest BCUT2D eigenvalue weighted by Gasteiger charge is 2.36. The van der Waals surface area contributed by atoms with E-state index in [1.165, 1.54) is 37.8 Å². The van der Waals surface area contributed by atoms with Crippen molar-refractivity contribution in [1.29, 1.82) is 0 Å². The fourth-order valence-corrected chi connectivity index (χ4v) is 3.85. The molecule has 0 aromatic heterocycles. The molecule has 3 rings (SSSR count). The molecule has 5 heteroatoms. The van der Waals surface area contributed by atoms with Crippen LogP contribution in [0.3, 0.4) is 0 Å². The van der Waals surface area contributed by atoms with Gasteiger partial charge in [-0.25, -0.2) is 0 Å². The van der Waals surface area contributed by atoms with Crippen LogP contribution in [-0.4, -0.2) is 30.0 Å². The maximum absolute atomic E-state index is 12.8. The first-order valence-corrected chi connectivity index (χ1v) is 8.01. The highest BCUT2D eigenvalue weighted by atomic mass is 19.3. The number of nitrogens with zero attached hydrogens (tertiary/aromatic N) is 1. The number of rotatable bonds is 3. The lowest BCUT2D eigenvalue weighted by Crippen LogP contribution is -2.49. The van der Waals surface area contributed by atoms with Crippen molar-refractivity contribution in [2.24, 2.45) is 5.92 Å². The summed E-state index contributed by atoms with van der Waals surface area (Å²) >= 11 is 0. The summed E-state index contributed by atoms with van der Waals surface area (Å²) in [5.41, 5.74) is 0.435. The molecule has 1 aliphatic heterocycles. The topological polar surface area (TPSA) is 29.5 Å². The zero-order valence-corrected chi connectivity index (χ0v) is 12.5. The minimum absolute atomic E-state index is 0.0399. The molecule has 2 atom stereocenters. The number of carbonyl (C=O) groups excluding carboxylic acids is 1. The third-order valence-electron chi connectivity index (χ3n) is 4.81. The number of likely N-dealkylation sites (tertiary alicyclic amines) is 1. The van der Waals surface area contributed by atoms with E-state index >= 15 is 0 Å². The molecule has 0 spiro atoms. The van der Waals surface area contributed by atoms with Gasteiger partial charge in [-0.3, -0.25) is 4.79 Å². The second-order valence-electron chi connectivity index (χ2n) is 6.16. The molecule has 1 aliphatic carbocycles. The van der Waals surface area contributed by atoms with E-state index < -0.39 is 6.61 Å². The number of alkyl halides is 2. The van der Waals surface area contributed by atoms with Gasteiger partial charge in [0, 0.05) is 18.2 Å². The summed E-state index contributed by atoms with van der Waals surface area (Å²) in [6, 6.07) is 6.44. The Morgan fingerprint density at radius 2 is 1.95 bits per heavy atom. The van der Waals surface area contributed by atoms with Crippen LogP contribution < -0.4 is 4.74 Å². The van der Waals surface area contributed by atoms with Gasteiger partial charge in [0.1, 0.15) is 5.75 Å². The molecule has 3 nitrogen and oxygen atoms in total. The lowest BCUT2D eigenvalue weighted by Gasteiger charge is -2.44. The van der Waals surface area contributed by atoms with Crippen molar-refractivity contribution < 1.29 is 18.3 Å². The van der Waals surface area contributed by atoms with Crippen molar-refractivity contribution >= 4 is 5.91 Å². The molecule has 1 saturated heterocycles. The minimum atomic E-state index is -2.87. The number of piperidine rings is 1. The number of fused-ring (bicyclic) bond motifs is 1. The molecule has 22 heavy (non-hydrogen) atoms. The third kappa shape index (κ3) is 3.23. The highest BCUT2D eigenvalue weighted by Crippen LogP contribution is 2.36. The van der Waals surface area contributed by atoms with E-state index in [1.807, 2.05) is 4.90 Å². The molecule has 1 aromatic carbocycles. The van der Waals surface area contributed by atoms with Gasteiger partial charge in [0.25, 0.3) is 5.91 Å². The van der Waals surface area contributed by atoms with Gasteiger partial charge < -0.3 is 9.64 Å². The van der Waals surface area contributed by atoms with Gasteiger partial charge in [-0.1, -0.05) is 18.9 Å². The number of hydrogen-bond donors (Lipinski definition) is 0. The Hall–Kier alpha value is -1.65. The van der Waals surface area contributed by atoms with E-state index in [0.29, 0.717) is 17.5 Å². The molecule has 1 aromatic rings. The summed E-state index contributed by atoms with van der Waals surface area (Å²) in [6.45, 7) is -2.11. The van der Waals surface area contributed by atoms with Gasteiger partial charge in [-0.2, -0.15) is 8.78 Å². The average Bonchev–Trinajstić information content (AvgIpc) is 2.53. The summed E-state index contributed by atoms with van der Waals surface area (Å²) in [6.07, 6.45) is 6.90. The molecule has 0 bridgehead atoms. The number of carbonyl (C=O) groups is 1. The first-order valence-electron chi connectivity index (χ1n) is 8.01. The molecule has 1 amide bonds. The fraction of sp³-hybridized carbons (Fsp3) is 0.588. The number of amides is 1. The SMILES string of the molecule is O=C(c1cccc(OC(F)F)c1)N1CCCC2CCCCC21. The monoisotopic (exact) mass is 309 g/mol. The van der Waals surface area contributed by atoms with Gasteiger partial charge >= 0.3 is 6.61 Å². The van der Waals surface area contributed by atoms with Crippen molar-refractivity contribution in [3.05, 3.63) is 29.8 Å². The van der Waals surface area contributed by atoms with E-state index in [0.717, 1.165) is 19.4 Å². The van der Waals surface area contributed by atoms with Crippen LogP contribution in [0.5, 0.6) is 5.75 Å². The normalized spacial score (nSPS) is 25.0. The van der Waals surface area contributed by atoms with E-state index in [1.54, 1.807) is 12.1 Å². The predicted molar refractivity (Wildman–Crippen MR) is 79.1 cm³/mol. The second-order valence-corrected chi connectivity index (χ2v) is 6.16. The first-order chi connectivity index (χ1) is 10.6. The number of ether oxygens (including phenoxy) is 1. The van der Waals surface area contributed by atoms with Crippen LogP contribution in [0.1, 0.15) is 48.9 Å². The third-order valence-corrected chi connectivity index (χ3v) is 4.81. The number of benzene rings is 1. The predicted octanol–water partition coefficient (Wildman–Crippen LogP) is 4.08. The molecule has 2 fully saturated rings. The van der Waals surface area contributed by atoms with Gasteiger partial charge in [0.2, 0.25) is 0 Å². The van der Waals surface area contributed by atoms with Crippen molar-refractivity contribution in [3.8, 4) is 5.75 Å². The van der Waals surface area contributed by atoms with E-state index in [-0.39, 0.29) is 11.7 Å². The van der Waals surface area contributed by atoms with Gasteiger partial charge in [-0.15, -0.1) is 0 Å². The zero-order chi connectivity index (χ0) is 15.5. The Labute approximate surface area is 129 Å². The lowest BCUT2D eigenvalue weighted by atomic mass is 9.78. The van der Waals surface area contributed by atoms with Crippen molar-refractivity contribution in [2.75, 3.05) is 6.54 Å².